The van der Waals surface area contributed by atoms with Gasteiger partial charge in [0.25, 0.3) is 0 Å². The maximum Gasteiger partial charge on any atom is 0.146 e. The Hall–Kier alpha value is -1.58. The Morgan fingerprint density at radius 3 is 2.90 bits per heavy atom. The maximum absolute atomic E-state index is 5.95. The number of rotatable bonds is 5. The van der Waals surface area contributed by atoms with Gasteiger partial charge in [0.2, 0.25) is 0 Å². The van der Waals surface area contributed by atoms with Crippen molar-refractivity contribution in [2.45, 2.75) is 32.4 Å². The molecule has 3 rings (SSSR count). The average Bonchev–Trinajstić information content (AvgIpc) is 3.24. The highest BCUT2D eigenvalue weighted by Gasteiger charge is 2.20. The Morgan fingerprint density at radius 2 is 2.15 bits per heavy atom. The van der Waals surface area contributed by atoms with E-state index in [2.05, 4.69) is 10.3 Å². The average molecular weight is 289 g/mol. The van der Waals surface area contributed by atoms with Gasteiger partial charge in [0, 0.05) is 23.8 Å². The van der Waals surface area contributed by atoms with Crippen molar-refractivity contribution in [2.75, 3.05) is 0 Å². The molecule has 1 aromatic carbocycles. The van der Waals surface area contributed by atoms with E-state index in [0.717, 1.165) is 34.2 Å². The topological polar surface area (TPSA) is 34.1 Å². The Balaban J connectivity index is 1.70. The number of aryl methyl sites for hydroxylation is 1. The fourth-order valence-corrected chi connectivity index (χ4v) is 2.25. The van der Waals surface area contributed by atoms with Crippen LogP contribution in [-0.4, -0.2) is 11.0 Å². The second kappa shape index (κ2) is 5.81. The van der Waals surface area contributed by atoms with Crippen LogP contribution < -0.4 is 10.1 Å². The zero-order valence-corrected chi connectivity index (χ0v) is 12.2. The first kappa shape index (κ1) is 13.4. The van der Waals surface area contributed by atoms with Gasteiger partial charge in [-0.2, -0.15) is 0 Å². The molecule has 0 radical (unpaired) electrons. The molecule has 0 amide bonds. The van der Waals surface area contributed by atoms with Gasteiger partial charge in [-0.15, -0.1) is 0 Å². The number of hydrogen-bond donors (Lipinski definition) is 1. The van der Waals surface area contributed by atoms with Gasteiger partial charge >= 0.3 is 0 Å². The summed E-state index contributed by atoms with van der Waals surface area (Å²) in [6, 6.07) is 8.32. The van der Waals surface area contributed by atoms with Crippen LogP contribution in [0.4, 0.5) is 0 Å². The standard InChI is InChI=1S/C16H17ClN2O/c1-11-6-13(17)2-5-16(11)20-15-7-12(8-18-10-15)9-19-14-3-4-14/h2,5-8,10,14,19H,3-4,9H2,1H3. The van der Waals surface area contributed by atoms with Gasteiger partial charge in [0.15, 0.2) is 0 Å². The third-order valence-corrected chi connectivity index (χ3v) is 3.54. The molecule has 20 heavy (non-hydrogen) atoms. The molecule has 0 spiro atoms. The molecular formula is C16H17ClN2O. The summed E-state index contributed by atoms with van der Waals surface area (Å²) in [6.07, 6.45) is 6.17. The van der Waals surface area contributed by atoms with E-state index in [1.54, 1.807) is 6.20 Å². The van der Waals surface area contributed by atoms with Crippen molar-refractivity contribution < 1.29 is 4.74 Å². The molecule has 3 nitrogen and oxygen atoms in total. The van der Waals surface area contributed by atoms with Crippen molar-refractivity contribution in [3.8, 4) is 11.5 Å². The highest BCUT2D eigenvalue weighted by Crippen LogP contribution is 2.27. The van der Waals surface area contributed by atoms with Crippen LogP contribution in [-0.2, 0) is 6.54 Å². The van der Waals surface area contributed by atoms with E-state index in [1.807, 2.05) is 37.4 Å². The minimum absolute atomic E-state index is 0.693. The van der Waals surface area contributed by atoms with Gasteiger partial charge in [0.05, 0.1) is 6.20 Å². The van der Waals surface area contributed by atoms with Gasteiger partial charge in [-0.3, -0.25) is 4.98 Å². The van der Waals surface area contributed by atoms with Crippen molar-refractivity contribution in [3.05, 3.63) is 52.8 Å². The maximum atomic E-state index is 5.95. The first-order valence-electron chi connectivity index (χ1n) is 6.82. The zero-order chi connectivity index (χ0) is 13.9. The molecule has 0 atom stereocenters. The van der Waals surface area contributed by atoms with E-state index in [-0.39, 0.29) is 0 Å². The highest BCUT2D eigenvalue weighted by atomic mass is 35.5. The monoisotopic (exact) mass is 288 g/mol. The molecule has 1 aromatic heterocycles. The second-order valence-corrected chi connectivity index (χ2v) is 5.63. The number of halogens is 1. The Kier molecular flexibility index (Phi) is 3.90. The molecule has 1 N–H and O–H groups in total. The van der Waals surface area contributed by atoms with E-state index in [0.29, 0.717) is 6.04 Å². The predicted octanol–water partition coefficient (Wildman–Crippen LogP) is 4.09. The van der Waals surface area contributed by atoms with Crippen molar-refractivity contribution >= 4 is 11.6 Å². The summed E-state index contributed by atoms with van der Waals surface area (Å²) in [5.74, 6) is 1.56. The SMILES string of the molecule is Cc1cc(Cl)ccc1Oc1cncc(CNC2CC2)c1. The van der Waals surface area contributed by atoms with Crippen LogP contribution in [0.5, 0.6) is 11.5 Å². The number of ether oxygens (including phenoxy) is 1. The summed E-state index contributed by atoms with van der Waals surface area (Å²) in [6.45, 7) is 2.82. The number of hydrogen-bond acceptors (Lipinski definition) is 3. The normalized spacial score (nSPS) is 14.3. The number of nitrogens with zero attached hydrogens (tertiary/aromatic N) is 1. The molecule has 0 unspecified atom stereocenters. The molecule has 1 heterocycles. The van der Waals surface area contributed by atoms with Crippen molar-refractivity contribution in [3.63, 3.8) is 0 Å². The van der Waals surface area contributed by atoms with Gasteiger partial charge in [-0.1, -0.05) is 11.6 Å². The van der Waals surface area contributed by atoms with E-state index < -0.39 is 0 Å². The quantitative estimate of drug-likeness (QED) is 0.900. The van der Waals surface area contributed by atoms with Crippen LogP contribution in [0.15, 0.2) is 36.7 Å². The third kappa shape index (κ3) is 3.50. The van der Waals surface area contributed by atoms with E-state index in [9.17, 15) is 0 Å². The van der Waals surface area contributed by atoms with Crippen LogP contribution in [0, 0.1) is 6.92 Å². The lowest BCUT2D eigenvalue weighted by atomic mass is 10.2. The van der Waals surface area contributed by atoms with Crippen molar-refractivity contribution in [2.24, 2.45) is 0 Å². The van der Waals surface area contributed by atoms with Crippen molar-refractivity contribution in [1.29, 1.82) is 0 Å². The van der Waals surface area contributed by atoms with Crippen LogP contribution in [0.1, 0.15) is 24.0 Å². The van der Waals surface area contributed by atoms with Crippen LogP contribution in [0.2, 0.25) is 5.02 Å². The van der Waals surface area contributed by atoms with E-state index in [4.69, 9.17) is 16.3 Å². The summed E-state index contributed by atoms with van der Waals surface area (Å²) < 4.78 is 5.88. The van der Waals surface area contributed by atoms with Gasteiger partial charge in [-0.05, 0) is 55.2 Å². The Morgan fingerprint density at radius 1 is 1.30 bits per heavy atom. The lowest BCUT2D eigenvalue weighted by Gasteiger charge is -2.10. The van der Waals surface area contributed by atoms with Crippen LogP contribution in [0.3, 0.4) is 0 Å². The first-order valence-corrected chi connectivity index (χ1v) is 7.20. The zero-order valence-electron chi connectivity index (χ0n) is 11.4. The molecule has 1 aliphatic carbocycles. The predicted molar refractivity (Wildman–Crippen MR) is 80.4 cm³/mol. The minimum Gasteiger partial charge on any atom is -0.455 e. The number of aromatic nitrogens is 1. The molecule has 104 valence electrons. The Bertz CT molecular complexity index is 611. The van der Waals surface area contributed by atoms with E-state index in [1.165, 1.54) is 12.8 Å². The summed E-state index contributed by atoms with van der Waals surface area (Å²) in [7, 11) is 0. The summed E-state index contributed by atoms with van der Waals surface area (Å²) >= 11 is 5.95. The smallest absolute Gasteiger partial charge is 0.146 e. The molecule has 1 fully saturated rings. The van der Waals surface area contributed by atoms with Gasteiger partial charge in [-0.25, -0.2) is 0 Å². The number of benzene rings is 1. The molecule has 1 aliphatic rings. The highest BCUT2D eigenvalue weighted by molar-refractivity contribution is 6.30. The summed E-state index contributed by atoms with van der Waals surface area (Å²) in [5.41, 5.74) is 2.15. The van der Waals surface area contributed by atoms with E-state index >= 15 is 0 Å². The fourth-order valence-electron chi connectivity index (χ4n) is 2.02. The second-order valence-electron chi connectivity index (χ2n) is 5.20. The molecular weight excluding hydrogens is 272 g/mol. The van der Waals surface area contributed by atoms with Crippen LogP contribution >= 0.6 is 11.6 Å². The molecule has 0 saturated heterocycles. The Labute approximate surface area is 123 Å². The minimum atomic E-state index is 0.693. The van der Waals surface area contributed by atoms with Crippen molar-refractivity contribution in [1.82, 2.24) is 10.3 Å². The summed E-state index contributed by atoms with van der Waals surface area (Å²) in [5, 5.41) is 4.19. The third-order valence-electron chi connectivity index (χ3n) is 3.31. The molecule has 0 aliphatic heterocycles. The lowest BCUT2D eigenvalue weighted by Crippen LogP contribution is -2.15. The molecule has 4 heteroatoms. The molecule has 0 bridgehead atoms. The number of pyridine rings is 1. The first-order chi connectivity index (χ1) is 9.70. The molecule has 1 saturated carbocycles. The van der Waals surface area contributed by atoms with Crippen LogP contribution in [0.25, 0.3) is 0 Å². The van der Waals surface area contributed by atoms with Gasteiger partial charge < -0.3 is 10.1 Å². The lowest BCUT2D eigenvalue weighted by molar-refractivity contribution is 0.475. The fraction of sp³-hybridized carbons (Fsp3) is 0.312. The largest absolute Gasteiger partial charge is 0.455 e. The number of nitrogens with one attached hydrogen (secondary N) is 1. The molecule has 2 aromatic rings. The summed E-state index contributed by atoms with van der Waals surface area (Å²) in [4.78, 5) is 4.24. The van der Waals surface area contributed by atoms with Gasteiger partial charge in [0.1, 0.15) is 11.5 Å².